The first-order valence-corrected chi connectivity index (χ1v) is 6.56. The maximum Gasteiger partial charge on any atom is 0.0233 e. The van der Waals surface area contributed by atoms with Gasteiger partial charge in [-0.1, -0.05) is 36.8 Å². The first-order chi connectivity index (χ1) is 7.78. The van der Waals surface area contributed by atoms with E-state index in [0.29, 0.717) is 0 Å². The molecule has 1 aromatic carbocycles. The van der Waals surface area contributed by atoms with Gasteiger partial charge in [0.05, 0.1) is 0 Å². The van der Waals surface area contributed by atoms with E-state index in [1.54, 1.807) is 0 Å². The zero-order valence-corrected chi connectivity index (χ0v) is 10.6. The lowest BCUT2D eigenvalue weighted by atomic mass is 10.1. The van der Waals surface area contributed by atoms with Crippen LogP contribution < -0.4 is 0 Å². The van der Waals surface area contributed by atoms with Crippen LogP contribution in [0.3, 0.4) is 0 Å². The minimum absolute atomic E-state index is 0.997. The second-order valence-electron chi connectivity index (χ2n) is 5.16. The predicted octanol–water partition coefficient (Wildman–Crippen LogP) is 3.62. The molecule has 0 unspecified atom stereocenters. The van der Waals surface area contributed by atoms with Crippen LogP contribution in [0.5, 0.6) is 0 Å². The predicted molar refractivity (Wildman–Crippen MR) is 69.5 cm³/mol. The number of aryl methyl sites for hydroxylation is 1. The van der Waals surface area contributed by atoms with Crippen molar-refractivity contribution in [3.05, 3.63) is 35.4 Å². The third-order valence-electron chi connectivity index (χ3n) is 3.28. The molecule has 1 aliphatic carbocycles. The first-order valence-electron chi connectivity index (χ1n) is 6.56. The molecule has 0 saturated heterocycles. The fourth-order valence-corrected chi connectivity index (χ4v) is 2.17. The van der Waals surface area contributed by atoms with Crippen LogP contribution in [0.1, 0.15) is 37.3 Å². The van der Waals surface area contributed by atoms with Gasteiger partial charge in [-0.15, -0.1) is 0 Å². The summed E-state index contributed by atoms with van der Waals surface area (Å²) in [5.41, 5.74) is 2.81. The van der Waals surface area contributed by atoms with Gasteiger partial charge in [-0.3, -0.25) is 4.90 Å². The molecule has 0 atom stereocenters. The zero-order chi connectivity index (χ0) is 11.4. The van der Waals surface area contributed by atoms with Crippen LogP contribution >= 0.6 is 0 Å². The molecule has 1 fully saturated rings. The van der Waals surface area contributed by atoms with Crippen molar-refractivity contribution in [1.29, 1.82) is 0 Å². The molecule has 1 aliphatic rings. The smallest absolute Gasteiger partial charge is 0.0233 e. The van der Waals surface area contributed by atoms with Crippen LogP contribution in [0.2, 0.25) is 0 Å². The second-order valence-corrected chi connectivity index (χ2v) is 5.16. The van der Waals surface area contributed by atoms with E-state index in [1.165, 1.54) is 43.5 Å². The highest BCUT2D eigenvalue weighted by molar-refractivity contribution is 5.21. The summed E-state index contributed by atoms with van der Waals surface area (Å²) >= 11 is 0. The SMILES string of the molecule is CCCN(Cc1ccc(C)cc1)CC1CC1. The summed E-state index contributed by atoms with van der Waals surface area (Å²) in [5.74, 6) is 0.997. The lowest BCUT2D eigenvalue weighted by Gasteiger charge is -2.21. The molecule has 0 N–H and O–H groups in total. The van der Waals surface area contributed by atoms with E-state index in [0.717, 1.165) is 12.5 Å². The van der Waals surface area contributed by atoms with Gasteiger partial charge in [0.1, 0.15) is 0 Å². The Balaban J connectivity index is 1.90. The van der Waals surface area contributed by atoms with Crippen molar-refractivity contribution in [2.75, 3.05) is 13.1 Å². The number of nitrogens with zero attached hydrogens (tertiary/aromatic N) is 1. The van der Waals surface area contributed by atoms with Crippen LogP contribution in [0.4, 0.5) is 0 Å². The van der Waals surface area contributed by atoms with Crippen LogP contribution in [-0.2, 0) is 6.54 Å². The summed E-state index contributed by atoms with van der Waals surface area (Å²) in [7, 11) is 0. The van der Waals surface area contributed by atoms with Crippen molar-refractivity contribution in [1.82, 2.24) is 4.90 Å². The van der Waals surface area contributed by atoms with Crippen molar-refractivity contribution in [2.45, 2.75) is 39.7 Å². The van der Waals surface area contributed by atoms with E-state index < -0.39 is 0 Å². The largest absolute Gasteiger partial charge is 0.299 e. The summed E-state index contributed by atoms with van der Waals surface area (Å²) in [6.45, 7) is 8.10. The van der Waals surface area contributed by atoms with E-state index in [1.807, 2.05) is 0 Å². The minimum Gasteiger partial charge on any atom is -0.299 e. The van der Waals surface area contributed by atoms with Gasteiger partial charge >= 0.3 is 0 Å². The van der Waals surface area contributed by atoms with Crippen LogP contribution in [0.25, 0.3) is 0 Å². The van der Waals surface area contributed by atoms with Gasteiger partial charge in [0.15, 0.2) is 0 Å². The molecule has 16 heavy (non-hydrogen) atoms. The Bertz CT molecular complexity index is 311. The van der Waals surface area contributed by atoms with Crippen LogP contribution in [-0.4, -0.2) is 18.0 Å². The molecule has 0 spiro atoms. The van der Waals surface area contributed by atoms with E-state index in [2.05, 4.69) is 43.0 Å². The van der Waals surface area contributed by atoms with Crippen molar-refractivity contribution in [2.24, 2.45) is 5.92 Å². The van der Waals surface area contributed by atoms with Crippen molar-refractivity contribution < 1.29 is 0 Å². The summed E-state index contributed by atoms with van der Waals surface area (Å²) in [6, 6.07) is 8.98. The molecule has 0 radical (unpaired) electrons. The van der Waals surface area contributed by atoms with Crippen molar-refractivity contribution >= 4 is 0 Å². The summed E-state index contributed by atoms with van der Waals surface area (Å²) in [4.78, 5) is 2.61. The molecule has 0 aromatic heterocycles. The third kappa shape index (κ3) is 3.64. The maximum absolute atomic E-state index is 2.61. The highest BCUT2D eigenvalue weighted by Gasteiger charge is 2.23. The lowest BCUT2D eigenvalue weighted by molar-refractivity contribution is 0.255. The first kappa shape index (κ1) is 11.7. The molecule has 1 heteroatoms. The van der Waals surface area contributed by atoms with E-state index in [-0.39, 0.29) is 0 Å². The molecule has 0 aliphatic heterocycles. The zero-order valence-electron chi connectivity index (χ0n) is 10.6. The normalized spacial score (nSPS) is 15.7. The monoisotopic (exact) mass is 217 g/mol. The topological polar surface area (TPSA) is 3.24 Å². The number of hydrogen-bond acceptors (Lipinski definition) is 1. The van der Waals surface area contributed by atoms with Gasteiger partial charge < -0.3 is 0 Å². The highest BCUT2D eigenvalue weighted by Crippen LogP contribution is 2.30. The average Bonchev–Trinajstić information content (AvgIpc) is 3.06. The Morgan fingerprint density at radius 2 is 1.88 bits per heavy atom. The van der Waals surface area contributed by atoms with E-state index >= 15 is 0 Å². The van der Waals surface area contributed by atoms with Crippen molar-refractivity contribution in [3.8, 4) is 0 Å². The summed E-state index contributed by atoms with van der Waals surface area (Å²) < 4.78 is 0. The minimum atomic E-state index is 0.997. The molecule has 88 valence electrons. The molecule has 0 amide bonds. The molecule has 2 rings (SSSR count). The van der Waals surface area contributed by atoms with Gasteiger partial charge in [0.25, 0.3) is 0 Å². The summed E-state index contributed by atoms with van der Waals surface area (Å²) in [5, 5.41) is 0. The Hall–Kier alpha value is -0.820. The van der Waals surface area contributed by atoms with Gasteiger partial charge in [-0.2, -0.15) is 0 Å². The van der Waals surface area contributed by atoms with Gasteiger partial charge in [0, 0.05) is 13.1 Å². The lowest BCUT2D eigenvalue weighted by Crippen LogP contribution is -2.26. The highest BCUT2D eigenvalue weighted by atomic mass is 15.1. The molecule has 1 nitrogen and oxygen atoms in total. The Morgan fingerprint density at radius 3 is 2.44 bits per heavy atom. The quantitative estimate of drug-likeness (QED) is 0.703. The third-order valence-corrected chi connectivity index (χ3v) is 3.28. The molecule has 0 bridgehead atoms. The van der Waals surface area contributed by atoms with Crippen LogP contribution in [0, 0.1) is 12.8 Å². The second kappa shape index (κ2) is 5.49. The average molecular weight is 217 g/mol. The maximum atomic E-state index is 2.61. The molecule has 1 aromatic rings. The molecular weight excluding hydrogens is 194 g/mol. The standard InChI is InChI=1S/C15H23N/c1-3-10-16(12-15-8-9-15)11-14-6-4-13(2)5-7-14/h4-7,15H,3,8-12H2,1-2H3. The number of hydrogen-bond donors (Lipinski definition) is 0. The number of rotatable bonds is 6. The fourth-order valence-electron chi connectivity index (χ4n) is 2.17. The molecular formula is C15H23N. The Labute approximate surface area is 99.5 Å². The molecule has 1 saturated carbocycles. The Kier molecular flexibility index (Phi) is 4.00. The van der Waals surface area contributed by atoms with Gasteiger partial charge in [-0.25, -0.2) is 0 Å². The molecule has 0 heterocycles. The van der Waals surface area contributed by atoms with E-state index in [9.17, 15) is 0 Å². The Morgan fingerprint density at radius 1 is 1.19 bits per heavy atom. The van der Waals surface area contributed by atoms with Crippen LogP contribution in [0.15, 0.2) is 24.3 Å². The number of benzene rings is 1. The summed E-state index contributed by atoms with van der Waals surface area (Å²) in [6.07, 6.45) is 4.17. The van der Waals surface area contributed by atoms with E-state index in [4.69, 9.17) is 0 Å². The van der Waals surface area contributed by atoms with Gasteiger partial charge in [0.2, 0.25) is 0 Å². The fraction of sp³-hybridized carbons (Fsp3) is 0.600. The van der Waals surface area contributed by atoms with Crippen molar-refractivity contribution in [3.63, 3.8) is 0 Å². The van der Waals surface area contributed by atoms with Gasteiger partial charge in [-0.05, 0) is 44.2 Å².